The van der Waals surface area contributed by atoms with Gasteiger partial charge >= 0.3 is 0 Å². The molecule has 1 fully saturated rings. The number of nitrogens with one attached hydrogen (secondary N) is 1. The molecule has 3 N–H and O–H groups in total. The summed E-state index contributed by atoms with van der Waals surface area (Å²) >= 11 is 0. The molecule has 112 valence electrons. The summed E-state index contributed by atoms with van der Waals surface area (Å²) < 4.78 is 19.4. The lowest BCUT2D eigenvalue weighted by atomic mass is 10.1. The monoisotopic (exact) mass is 300 g/mol. The van der Waals surface area contributed by atoms with Crippen molar-refractivity contribution >= 4 is 5.69 Å². The summed E-state index contributed by atoms with van der Waals surface area (Å²) in [4.78, 5) is 17.8. The minimum Gasteiger partial charge on any atom is -0.476 e. The molecule has 0 radical (unpaired) electrons. The third-order valence-electron chi connectivity index (χ3n) is 3.61. The first kappa shape index (κ1) is 14.1. The number of hydrogen-bond donors (Lipinski definition) is 2. The van der Waals surface area contributed by atoms with E-state index in [-0.39, 0.29) is 23.9 Å². The molecule has 6 nitrogen and oxygen atoms in total. The molecule has 0 amide bonds. The number of nitrogens with zero attached hydrogens (tertiary/aromatic N) is 2. The summed E-state index contributed by atoms with van der Waals surface area (Å²) in [6, 6.07) is 6.19. The molecule has 7 heteroatoms. The normalized spacial score (nSPS) is 15.1. The van der Waals surface area contributed by atoms with Gasteiger partial charge in [-0.25, -0.2) is 9.37 Å². The van der Waals surface area contributed by atoms with Crippen molar-refractivity contribution in [3.05, 3.63) is 40.6 Å². The van der Waals surface area contributed by atoms with Crippen molar-refractivity contribution in [2.45, 2.75) is 12.8 Å². The SMILES string of the molecule is N#CC1(COc2ccc(F)c(-c3c[nH]c(=O)c(N)c3)n2)CC1. The predicted molar refractivity (Wildman–Crippen MR) is 77.4 cm³/mol. The zero-order chi connectivity index (χ0) is 15.7. The van der Waals surface area contributed by atoms with Gasteiger partial charge in [-0.2, -0.15) is 5.26 Å². The lowest BCUT2D eigenvalue weighted by molar-refractivity contribution is 0.259. The largest absolute Gasteiger partial charge is 0.476 e. The van der Waals surface area contributed by atoms with Crippen LogP contribution in [0.5, 0.6) is 5.88 Å². The van der Waals surface area contributed by atoms with Crippen LogP contribution in [0.25, 0.3) is 11.3 Å². The number of hydrogen-bond acceptors (Lipinski definition) is 5. The van der Waals surface area contributed by atoms with Crippen molar-refractivity contribution < 1.29 is 9.13 Å². The molecule has 0 unspecified atom stereocenters. The fourth-order valence-electron chi connectivity index (χ4n) is 2.00. The van der Waals surface area contributed by atoms with Gasteiger partial charge in [-0.15, -0.1) is 0 Å². The highest BCUT2D eigenvalue weighted by molar-refractivity contribution is 5.63. The minimum atomic E-state index is -0.555. The molecule has 1 saturated carbocycles. The maximum Gasteiger partial charge on any atom is 0.271 e. The Bertz CT molecular complexity index is 821. The Balaban J connectivity index is 1.88. The number of anilines is 1. The summed E-state index contributed by atoms with van der Waals surface area (Å²) in [6.07, 6.45) is 2.94. The van der Waals surface area contributed by atoms with E-state index in [4.69, 9.17) is 15.7 Å². The van der Waals surface area contributed by atoms with E-state index in [0.717, 1.165) is 12.8 Å². The van der Waals surface area contributed by atoms with Gasteiger partial charge in [0.15, 0.2) is 0 Å². The number of halogens is 1. The molecule has 1 aliphatic carbocycles. The Kier molecular flexibility index (Phi) is 3.29. The smallest absolute Gasteiger partial charge is 0.271 e. The molecular weight excluding hydrogens is 287 g/mol. The van der Waals surface area contributed by atoms with Crippen LogP contribution < -0.4 is 16.0 Å². The Morgan fingerprint density at radius 1 is 1.50 bits per heavy atom. The number of nitriles is 1. The fourth-order valence-corrected chi connectivity index (χ4v) is 2.00. The number of ether oxygens (including phenoxy) is 1. The quantitative estimate of drug-likeness (QED) is 0.896. The summed E-state index contributed by atoms with van der Waals surface area (Å²) in [6.45, 7) is 0.231. The van der Waals surface area contributed by atoms with Gasteiger partial charge in [0, 0.05) is 17.8 Å². The van der Waals surface area contributed by atoms with Gasteiger partial charge in [0.2, 0.25) is 5.88 Å². The molecular formula is C15H13FN4O2. The Hall–Kier alpha value is -2.88. The second-order valence-corrected chi connectivity index (χ2v) is 5.33. The van der Waals surface area contributed by atoms with Gasteiger partial charge in [-0.3, -0.25) is 4.79 Å². The van der Waals surface area contributed by atoms with Gasteiger partial charge in [0.25, 0.3) is 5.56 Å². The van der Waals surface area contributed by atoms with Crippen LogP contribution in [0.4, 0.5) is 10.1 Å². The highest BCUT2D eigenvalue weighted by Crippen LogP contribution is 2.45. The first-order valence-corrected chi connectivity index (χ1v) is 6.72. The zero-order valence-corrected chi connectivity index (χ0v) is 11.6. The molecule has 3 rings (SSSR count). The van der Waals surface area contributed by atoms with Crippen LogP contribution in [-0.4, -0.2) is 16.6 Å². The molecule has 0 aliphatic heterocycles. The van der Waals surface area contributed by atoms with E-state index in [9.17, 15) is 9.18 Å². The van der Waals surface area contributed by atoms with E-state index in [1.807, 2.05) is 0 Å². The molecule has 0 bridgehead atoms. The zero-order valence-electron chi connectivity index (χ0n) is 11.6. The van der Waals surface area contributed by atoms with Crippen LogP contribution >= 0.6 is 0 Å². The van der Waals surface area contributed by atoms with Crippen LogP contribution in [0.2, 0.25) is 0 Å². The van der Waals surface area contributed by atoms with Crippen LogP contribution in [-0.2, 0) is 0 Å². The first-order chi connectivity index (χ1) is 10.5. The van der Waals surface area contributed by atoms with Crippen molar-refractivity contribution in [2.75, 3.05) is 12.3 Å². The second kappa shape index (κ2) is 5.15. The fraction of sp³-hybridized carbons (Fsp3) is 0.267. The minimum absolute atomic E-state index is 0.0218. The standard InChI is InChI=1S/C15H13FN4O2/c16-10-1-2-12(22-8-15(7-17)3-4-15)20-13(10)9-5-11(18)14(21)19-6-9/h1-2,5-6H,3-4,8,18H2,(H,19,21). The van der Waals surface area contributed by atoms with Crippen molar-refractivity contribution in [2.24, 2.45) is 5.41 Å². The molecule has 0 spiro atoms. The summed E-state index contributed by atoms with van der Waals surface area (Å²) in [5.41, 5.74) is 5.01. The van der Waals surface area contributed by atoms with Gasteiger partial charge in [0.05, 0.1) is 17.2 Å². The lowest BCUT2D eigenvalue weighted by Crippen LogP contribution is -2.12. The molecule has 2 aromatic heterocycles. The molecule has 0 aromatic carbocycles. The molecule has 0 saturated heterocycles. The van der Waals surface area contributed by atoms with E-state index in [1.165, 1.54) is 24.4 Å². The maximum absolute atomic E-state index is 13.9. The Morgan fingerprint density at radius 3 is 2.91 bits per heavy atom. The third-order valence-corrected chi connectivity index (χ3v) is 3.61. The van der Waals surface area contributed by atoms with Crippen molar-refractivity contribution in [3.8, 4) is 23.2 Å². The van der Waals surface area contributed by atoms with E-state index >= 15 is 0 Å². The maximum atomic E-state index is 13.9. The molecule has 22 heavy (non-hydrogen) atoms. The van der Waals surface area contributed by atoms with E-state index in [1.54, 1.807) is 0 Å². The topological polar surface area (TPSA) is 105 Å². The number of aromatic amines is 1. The van der Waals surface area contributed by atoms with Crippen LogP contribution in [0.3, 0.4) is 0 Å². The van der Waals surface area contributed by atoms with Gasteiger partial charge < -0.3 is 15.5 Å². The Morgan fingerprint density at radius 2 is 2.27 bits per heavy atom. The molecule has 0 atom stereocenters. The van der Waals surface area contributed by atoms with Crippen molar-refractivity contribution in [3.63, 3.8) is 0 Å². The molecule has 2 aromatic rings. The lowest BCUT2D eigenvalue weighted by Gasteiger charge is -2.10. The van der Waals surface area contributed by atoms with Crippen LogP contribution in [0.1, 0.15) is 12.8 Å². The number of aromatic nitrogens is 2. The first-order valence-electron chi connectivity index (χ1n) is 6.72. The van der Waals surface area contributed by atoms with E-state index in [2.05, 4.69) is 16.0 Å². The molecule has 1 aliphatic rings. The van der Waals surface area contributed by atoms with Gasteiger partial charge in [0.1, 0.15) is 18.1 Å². The van der Waals surface area contributed by atoms with Crippen molar-refractivity contribution in [1.82, 2.24) is 9.97 Å². The molecule has 2 heterocycles. The van der Waals surface area contributed by atoms with Crippen LogP contribution in [0.15, 0.2) is 29.2 Å². The number of pyridine rings is 2. The van der Waals surface area contributed by atoms with Crippen LogP contribution in [0, 0.1) is 22.6 Å². The van der Waals surface area contributed by atoms with Gasteiger partial charge in [-0.1, -0.05) is 0 Å². The number of nitrogen functional groups attached to an aromatic ring is 1. The summed E-state index contributed by atoms with van der Waals surface area (Å²) in [7, 11) is 0. The highest BCUT2D eigenvalue weighted by atomic mass is 19.1. The predicted octanol–water partition coefficient (Wildman–Crippen LogP) is 1.84. The Labute approximate surface area is 125 Å². The van der Waals surface area contributed by atoms with Gasteiger partial charge in [-0.05, 0) is 25.0 Å². The summed E-state index contributed by atoms with van der Waals surface area (Å²) in [5.74, 6) is -0.331. The third kappa shape index (κ3) is 2.63. The van der Waals surface area contributed by atoms with Crippen molar-refractivity contribution in [1.29, 1.82) is 5.26 Å². The second-order valence-electron chi connectivity index (χ2n) is 5.33. The average molecular weight is 300 g/mol. The number of rotatable bonds is 4. The van der Waals surface area contributed by atoms with E-state index < -0.39 is 16.8 Å². The average Bonchev–Trinajstić information content (AvgIpc) is 3.30. The number of H-pyrrole nitrogens is 1. The number of nitrogens with two attached hydrogens (primary N) is 1. The summed E-state index contributed by atoms with van der Waals surface area (Å²) in [5, 5.41) is 9.01. The highest BCUT2D eigenvalue weighted by Gasteiger charge is 2.44. The van der Waals surface area contributed by atoms with E-state index in [0.29, 0.717) is 5.56 Å².